The standard InChI is InChI=1S/C7H8Cl2O2/c1-11-6-3-2-5(8)4-7(6,9)10/h2-4,6,10H,1H3. The number of ether oxygens (including phenoxy) is 1. The molecular formula is C7H8Cl2O2. The molecule has 2 nitrogen and oxygen atoms in total. The van der Waals surface area contributed by atoms with E-state index in [1.807, 2.05) is 0 Å². The van der Waals surface area contributed by atoms with Gasteiger partial charge in [-0.2, -0.15) is 0 Å². The van der Waals surface area contributed by atoms with Gasteiger partial charge in [0.1, 0.15) is 6.10 Å². The van der Waals surface area contributed by atoms with Crippen molar-refractivity contribution in [3.05, 3.63) is 23.3 Å². The van der Waals surface area contributed by atoms with E-state index in [2.05, 4.69) is 0 Å². The SMILES string of the molecule is COC1C=CC(Cl)=CC1(O)Cl. The summed E-state index contributed by atoms with van der Waals surface area (Å²) in [4.78, 5) is 0. The van der Waals surface area contributed by atoms with Crippen LogP contribution in [0.4, 0.5) is 0 Å². The molecule has 1 aliphatic carbocycles. The lowest BCUT2D eigenvalue weighted by atomic mass is 10.1. The fourth-order valence-corrected chi connectivity index (χ4v) is 1.46. The van der Waals surface area contributed by atoms with Gasteiger partial charge in [0, 0.05) is 12.1 Å². The zero-order valence-electron chi connectivity index (χ0n) is 5.92. The molecule has 62 valence electrons. The zero-order chi connectivity index (χ0) is 8.48. The molecule has 1 N–H and O–H groups in total. The molecule has 0 aliphatic heterocycles. The van der Waals surface area contributed by atoms with Gasteiger partial charge in [-0.05, 0) is 18.2 Å². The Bertz CT molecular complexity index is 208. The van der Waals surface area contributed by atoms with Crippen molar-refractivity contribution in [2.24, 2.45) is 0 Å². The van der Waals surface area contributed by atoms with E-state index in [-0.39, 0.29) is 0 Å². The molecule has 0 spiro atoms. The molecule has 0 fully saturated rings. The molecule has 1 rings (SSSR count). The van der Waals surface area contributed by atoms with Crippen LogP contribution in [-0.4, -0.2) is 23.4 Å². The van der Waals surface area contributed by atoms with Gasteiger partial charge in [0.15, 0.2) is 5.06 Å². The minimum Gasteiger partial charge on any atom is -0.373 e. The van der Waals surface area contributed by atoms with Crippen molar-refractivity contribution in [1.29, 1.82) is 0 Å². The molecule has 0 aromatic carbocycles. The molecule has 0 radical (unpaired) electrons. The van der Waals surface area contributed by atoms with E-state index < -0.39 is 11.2 Å². The highest BCUT2D eigenvalue weighted by Gasteiger charge is 2.33. The second-order valence-corrected chi connectivity index (χ2v) is 3.31. The monoisotopic (exact) mass is 194 g/mol. The fraction of sp³-hybridized carbons (Fsp3) is 0.429. The summed E-state index contributed by atoms with van der Waals surface area (Å²) in [6, 6.07) is 0. The van der Waals surface area contributed by atoms with Crippen LogP contribution in [0.15, 0.2) is 23.3 Å². The molecular weight excluding hydrogens is 187 g/mol. The molecule has 0 aromatic heterocycles. The average Bonchev–Trinajstić information content (AvgIpc) is 1.85. The molecule has 2 unspecified atom stereocenters. The van der Waals surface area contributed by atoms with E-state index in [4.69, 9.17) is 27.9 Å². The Morgan fingerprint density at radius 1 is 1.73 bits per heavy atom. The van der Waals surface area contributed by atoms with Crippen LogP contribution in [0.3, 0.4) is 0 Å². The van der Waals surface area contributed by atoms with Crippen molar-refractivity contribution in [3.63, 3.8) is 0 Å². The lowest BCUT2D eigenvalue weighted by Gasteiger charge is -2.26. The normalized spacial score (nSPS) is 37.1. The maximum Gasteiger partial charge on any atom is 0.189 e. The highest BCUT2D eigenvalue weighted by atomic mass is 35.5. The maximum absolute atomic E-state index is 9.43. The van der Waals surface area contributed by atoms with E-state index in [1.54, 1.807) is 12.2 Å². The third kappa shape index (κ3) is 1.97. The lowest BCUT2D eigenvalue weighted by Crippen LogP contribution is -2.36. The van der Waals surface area contributed by atoms with Crippen molar-refractivity contribution in [2.75, 3.05) is 7.11 Å². The smallest absolute Gasteiger partial charge is 0.189 e. The summed E-state index contributed by atoms with van der Waals surface area (Å²) >= 11 is 11.2. The first kappa shape index (κ1) is 9.07. The summed E-state index contributed by atoms with van der Waals surface area (Å²) < 4.78 is 4.88. The maximum atomic E-state index is 9.43. The molecule has 2 atom stereocenters. The first-order chi connectivity index (χ1) is 5.06. The number of hydrogen-bond acceptors (Lipinski definition) is 2. The highest BCUT2D eigenvalue weighted by molar-refractivity contribution is 6.33. The minimum atomic E-state index is -1.51. The van der Waals surface area contributed by atoms with E-state index in [0.29, 0.717) is 5.03 Å². The van der Waals surface area contributed by atoms with Gasteiger partial charge in [0.05, 0.1) is 0 Å². The topological polar surface area (TPSA) is 29.5 Å². The van der Waals surface area contributed by atoms with Gasteiger partial charge in [0.25, 0.3) is 0 Å². The fourth-order valence-electron chi connectivity index (χ4n) is 0.882. The summed E-state index contributed by atoms with van der Waals surface area (Å²) in [6.07, 6.45) is 4.04. The second kappa shape index (κ2) is 3.15. The quantitative estimate of drug-likeness (QED) is 0.644. The van der Waals surface area contributed by atoms with Gasteiger partial charge < -0.3 is 9.84 Å². The third-order valence-corrected chi connectivity index (χ3v) is 1.98. The third-order valence-electron chi connectivity index (χ3n) is 1.42. The number of aliphatic hydroxyl groups is 1. The Morgan fingerprint density at radius 3 is 2.82 bits per heavy atom. The Hall–Kier alpha value is -0.0200. The van der Waals surface area contributed by atoms with Crippen LogP contribution >= 0.6 is 23.2 Å². The van der Waals surface area contributed by atoms with Gasteiger partial charge in [-0.1, -0.05) is 23.2 Å². The predicted molar refractivity (Wildman–Crippen MR) is 44.7 cm³/mol. The molecule has 0 saturated heterocycles. The average molecular weight is 195 g/mol. The number of rotatable bonds is 1. The van der Waals surface area contributed by atoms with Crippen LogP contribution < -0.4 is 0 Å². The van der Waals surface area contributed by atoms with Crippen LogP contribution in [0.2, 0.25) is 0 Å². The number of methoxy groups -OCH3 is 1. The Morgan fingerprint density at radius 2 is 2.36 bits per heavy atom. The number of hydrogen-bond donors (Lipinski definition) is 1. The summed E-state index contributed by atoms with van der Waals surface area (Å²) in [5.74, 6) is 0. The van der Waals surface area contributed by atoms with Gasteiger partial charge in [0.2, 0.25) is 0 Å². The van der Waals surface area contributed by atoms with Gasteiger partial charge in [-0.25, -0.2) is 0 Å². The van der Waals surface area contributed by atoms with Crippen LogP contribution in [0.1, 0.15) is 0 Å². The second-order valence-electron chi connectivity index (χ2n) is 2.27. The molecule has 0 bridgehead atoms. The van der Waals surface area contributed by atoms with E-state index >= 15 is 0 Å². The highest BCUT2D eigenvalue weighted by Crippen LogP contribution is 2.28. The molecule has 0 amide bonds. The van der Waals surface area contributed by atoms with Gasteiger partial charge in [-0.3, -0.25) is 0 Å². The minimum absolute atomic E-state index is 0.413. The van der Waals surface area contributed by atoms with Crippen LogP contribution in [-0.2, 0) is 4.74 Å². The van der Waals surface area contributed by atoms with E-state index in [9.17, 15) is 5.11 Å². The summed E-state index contributed by atoms with van der Waals surface area (Å²) in [5, 5.41) is 8.33. The summed E-state index contributed by atoms with van der Waals surface area (Å²) in [6.45, 7) is 0. The molecule has 0 heterocycles. The molecule has 4 heteroatoms. The zero-order valence-corrected chi connectivity index (χ0v) is 7.43. The first-order valence-corrected chi connectivity index (χ1v) is 3.82. The predicted octanol–water partition coefficient (Wildman–Crippen LogP) is 1.62. The van der Waals surface area contributed by atoms with Gasteiger partial charge in [-0.15, -0.1) is 0 Å². The summed E-state index contributed by atoms with van der Waals surface area (Å²) in [7, 11) is 1.47. The van der Waals surface area contributed by atoms with Crippen molar-refractivity contribution in [3.8, 4) is 0 Å². The van der Waals surface area contributed by atoms with Crippen LogP contribution in [0.5, 0.6) is 0 Å². The molecule has 1 aliphatic rings. The number of alkyl halides is 1. The van der Waals surface area contributed by atoms with Crippen molar-refractivity contribution in [2.45, 2.75) is 11.2 Å². The molecule has 0 saturated carbocycles. The molecule has 0 aromatic rings. The lowest BCUT2D eigenvalue weighted by molar-refractivity contribution is 0.0154. The van der Waals surface area contributed by atoms with E-state index in [1.165, 1.54) is 13.2 Å². The first-order valence-electron chi connectivity index (χ1n) is 3.07. The van der Waals surface area contributed by atoms with Crippen molar-refractivity contribution in [1.82, 2.24) is 0 Å². The Kier molecular flexibility index (Phi) is 2.60. The number of halogens is 2. The van der Waals surface area contributed by atoms with E-state index in [0.717, 1.165) is 0 Å². The number of allylic oxidation sites excluding steroid dienone is 2. The van der Waals surface area contributed by atoms with Crippen LogP contribution in [0.25, 0.3) is 0 Å². The Labute approximate surface area is 75.1 Å². The van der Waals surface area contributed by atoms with Crippen LogP contribution in [0, 0.1) is 0 Å². The summed E-state index contributed by atoms with van der Waals surface area (Å²) in [5.41, 5.74) is 0. The largest absolute Gasteiger partial charge is 0.373 e. The Balaban J connectivity index is 2.84. The van der Waals surface area contributed by atoms with Crippen molar-refractivity contribution < 1.29 is 9.84 Å². The van der Waals surface area contributed by atoms with Crippen molar-refractivity contribution >= 4 is 23.2 Å². The van der Waals surface area contributed by atoms with Gasteiger partial charge >= 0.3 is 0 Å². The molecule has 11 heavy (non-hydrogen) atoms.